The van der Waals surface area contributed by atoms with E-state index in [4.69, 9.17) is 12.2 Å². The van der Waals surface area contributed by atoms with Crippen LogP contribution in [-0.4, -0.2) is 24.8 Å². The standard InChI is InChI=1S/C18H12F6N4S/c1-10(29)15-16(12-2-4-25-5-3-12)28(27-26-15)9-11-6-13(17(19,20)21)8-14(7-11)18(22,23)24/h2-8H,9H2,1H3. The molecule has 0 saturated heterocycles. The highest BCUT2D eigenvalue weighted by Crippen LogP contribution is 2.36. The number of hydrogen-bond donors (Lipinski definition) is 0. The van der Waals surface area contributed by atoms with Crippen molar-refractivity contribution in [2.45, 2.75) is 25.8 Å². The topological polar surface area (TPSA) is 43.6 Å². The average Bonchev–Trinajstić information content (AvgIpc) is 3.04. The molecule has 0 aliphatic carbocycles. The van der Waals surface area contributed by atoms with E-state index < -0.39 is 23.5 Å². The molecule has 3 rings (SSSR count). The second kappa shape index (κ2) is 7.54. The second-order valence-corrected chi connectivity index (χ2v) is 6.76. The van der Waals surface area contributed by atoms with Crippen molar-refractivity contribution in [1.82, 2.24) is 20.0 Å². The van der Waals surface area contributed by atoms with E-state index >= 15 is 0 Å². The van der Waals surface area contributed by atoms with Crippen molar-refractivity contribution in [3.8, 4) is 11.3 Å². The predicted octanol–water partition coefficient (Wildman–Crippen LogP) is 5.16. The zero-order valence-corrected chi connectivity index (χ0v) is 15.5. The molecule has 0 radical (unpaired) electrons. The number of aromatic nitrogens is 4. The van der Waals surface area contributed by atoms with Gasteiger partial charge in [-0.05, 0) is 42.8 Å². The summed E-state index contributed by atoms with van der Waals surface area (Å²) in [4.78, 5) is 4.27. The Hall–Kier alpha value is -2.82. The zero-order valence-electron chi connectivity index (χ0n) is 14.7. The number of benzene rings is 1. The average molecular weight is 430 g/mol. The molecule has 0 fully saturated rings. The quantitative estimate of drug-likeness (QED) is 0.326. The van der Waals surface area contributed by atoms with Gasteiger partial charge in [0.1, 0.15) is 5.69 Å². The summed E-state index contributed by atoms with van der Waals surface area (Å²) in [5, 5.41) is 7.83. The van der Waals surface area contributed by atoms with Crippen LogP contribution in [0.2, 0.25) is 0 Å². The van der Waals surface area contributed by atoms with Crippen molar-refractivity contribution in [2.75, 3.05) is 0 Å². The van der Waals surface area contributed by atoms with Gasteiger partial charge in [0.25, 0.3) is 0 Å². The molecule has 0 bridgehead atoms. The Kier molecular flexibility index (Phi) is 5.44. The number of hydrogen-bond acceptors (Lipinski definition) is 4. The van der Waals surface area contributed by atoms with Gasteiger partial charge in [0.2, 0.25) is 0 Å². The van der Waals surface area contributed by atoms with Crippen molar-refractivity contribution in [3.63, 3.8) is 0 Å². The second-order valence-electron chi connectivity index (χ2n) is 6.15. The predicted molar refractivity (Wildman–Crippen MR) is 96.2 cm³/mol. The maximum Gasteiger partial charge on any atom is 0.416 e. The molecular formula is C18H12F6N4S. The number of alkyl halides is 6. The minimum atomic E-state index is -4.93. The van der Waals surface area contributed by atoms with Crippen LogP contribution < -0.4 is 0 Å². The summed E-state index contributed by atoms with van der Waals surface area (Å²) in [6, 6.07) is 4.64. The number of nitrogens with zero attached hydrogens (tertiary/aromatic N) is 4. The molecule has 0 amide bonds. The largest absolute Gasteiger partial charge is 0.416 e. The maximum atomic E-state index is 13.1. The Morgan fingerprint density at radius 1 is 0.966 bits per heavy atom. The van der Waals surface area contributed by atoms with Crippen molar-refractivity contribution in [2.24, 2.45) is 0 Å². The molecule has 29 heavy (non-hydrogen) atoms. The number of rotatable bonds is 4. The minimum Gasteiger partial charge on any atom is -0.265 e. The smallest absolute Gasteiger partial charge is 0.265 e. The van der Waals surface area contributed by atoms with Crippen LogP contribution >= 0.6 is 12.2 Å². The minimum absolute atomic E-state index is 0.0845. The van der Waals surface area contributed by atoms with Gasteiger partial charge in [-0.25, -0.2) is 4.68 Å². The first kappa shape index (κ1) is 20.9. The Morgan fingerprint density at radius 3 is 2.00 bits per heavy atom. The van der Waals surface area contributed by atoms with Gasteiger partial charge in [-0.1, -0.05) is 17.4 Å². The van der Waals surface area contributed by atoms with Gasteiger partial charge in [-0.15, -0.1) is 5.10 Å². The molecule has 152 valence electrons. The normalized spacial score (nSPS) is 12.2. The Bertz CT molecular complexity index is 1010. The molecule has 0 atom stereocenters. The molecule has 1 aromatic carbocycles. The van der Waals surface area contributed by atoms with E-state index in [1.807, 2.05) is 0 Å². The third kappa shape index (κ3) is 4.61. The lowest BCUT2D eigenvalue weighted by atomic mass is 10.0. The van der Waals surface area contributed by atoms with Crippen LogP contribution in [0, 0.1) is 0 Å². The van der Waals surface area contributed by atoms with Gasteiger partial charge in [0.15, 0.2) is 0 Å². The van der Waals surface area contributed by atoms with Crippen LogP contribution in [0.25, 0.3) is 11.3 Å². The lowest BCUT2D eigenvalue weighted by Crippen LogP contribution is -2.13. The van der Waals surface area contributed by atoms with Crippen LogP contribution in [0.1, 0.15) is 29.3 Å². The van der Waals surface area contributed by atoms with Gasteiger partial charge in [0.05, 0.1) is 23.4 Å². The van der Waals surface area contributed by atoms with E-state index in [-0.39, 0.29) is 18.2 Å². The summed E-state index contributed by atoms with van der Waals surface area (Å²) in [5.41, 5.74) is -1.73. The van der Waals surface area contributed by atoms with E-state index in [9.17, 15) is 26.3 Å². The van der Waals surface area contributed by atoms with Gasteiger partial charge >= 0.3 is 12.4 Å². The third-order valence-electron chi connectivity index (χ3n) is 4.00. The molecular weight excluding hydrogens is 418 g/mol. The molecule has 3 aromatic rings. The molecule has 0 N–H and O–H groups in total. The SMILES string of the molecule is CC(=S)c1nnn(Cc2cc(C(F)(F)F)cc(C(F)(F)F)c2)c1-c1ccncc1. The van der Waals surface area contributed by atoms with Gasteiger partial charge in [0, 0.05) is 22.8 Å². The van der Waals surface area contributed by atoms with Crippen LogP contribution in [0.4, 0.5) is 26.3 Å². The summed E-state index contributed by atoms with van der Waals surface area (Å²) in [5.74, 6) is 0. The van der Waals surface area contributed by atoms with Gasteiger partial charge in [-0.2, -0.15) is 26.3 Å². The molecule has 2 heterocycles. The van der Waals surface area contributed by atoms with Crippen LogP contribution in [0.15, 0.2) is 42.7 Å². The van der Waals surface area contributed by atoms with Crippen LogP contribution in [-0.2, 0) is 18.9 Å². The Balaban J connectivity index is 2.12. The molecule has 0 aliphatic heterocycles. The highest BCUT2D eigenvalue weighted by atomic mass is 32.1. The molecule has 0 aliphatic rings. The highest BCUT2D eigenvalue weighted by Gasteiger charge is 2.37. The van der Waals surface area contributed by atoms with E-state index in [1.165, 1.54) is 17.1 Å². The van der Waals surface area contributed by atoms with E-state index in [0.717, 1.165) is 0 Å². The summed E-state index contributed by atoms with van der Waals surface area (Å²) < 4.78 is 79.8. The van der Waals surface area contributed by atoms with Crippen molar-refractivity contribution in [3.05, 3.63) is 65.1 Å². The fraction of sp³-hybridized carbons (Fsp3) is 0.222. The lowest BCUT2D eigenvalue weighted by molar-refractivity contribution is -0.143. The number of thiocarbonyl (C=S) groups is 1. The number of pyridine rings is 1. The lowest BCUT2D eigenvalue weighted by Gasteiger charge is -2.15. The van der Waals surface area contributed by atoms with E-state index in [2.05, 4.69) is 15.3 Å². The van der Waals surface area contributed by atoms with E-state index in [0.29, 0.717) is 33.9 Å². The maximum absolute atomic E-state index is 13.1. The summed E-state index contributed by atoms with van der Waals surface area (Å²) in [6.45, 7) is 1.24. The molecule has 2 aromatic heterocycles. The van der Waals surface area contributed by atoms with Gasteiger partial charge < -0.3 is 0 Å². The summed E-state index contributed by atoms with van der Waals surface area (Å²) >= 11 is 5.14. The van der Waals surface area contributed by atoms with E-state index in [1.54, 1.807) is 19.1 Å². The first-order valence-electron chi connectivity index (χ1n) is 8.10. The monoisotopic (exact) mass is 430 g/mol. The van der Waals surface area contributed by atoms with Gasteiger partial charge in [-0.3, -0.25) is 4.98 Å². The Morgan fingerprint density at radius 2 is 1.52 bits per heavy atom. The molecule has 0 saturated carbocycles. The summed E-state index contributed by atoms with van der Waals surface area (Å²) in [7, 11) is 0. The third-order valence-corrected chi connectivity index (χ3v) is 4.20. The van der Waals surface area contributed by atoms with Crippen molar-refractivity contribution >= 4 is 17.1 Å². The highest BCUT2D eigenvalue weighted by molar-refractivity contribution is 7.80. The first-order chi connectivity index (χ1) is 13.5. The number of halogens is 6. The van der Waals surface area contributed by atoms with Crippen molar-refractivity contribution in [1.29, 1.82) is 0 Å². The molecule has 0 unspecified atom stereocenters. The molecule has 0 spiro atoms. The van der Waals surface area contributed by atoms with Crippen LogP contribution in [0.3, 0.4) is 0 Å². The fourth-order valence-electron chi connectivity index (χ4n) is 2.74. The van der Waals surface area contributed by atoms with Crippen molar-refractivity contribution < 1.29 is 26.3 Å². The summed E-state index contributed by atoms with van der Waals surface area (Å²) in [6.07, 6.45) is -6.88. The molecule has 11 heteroatoms. The first-order valence-corrected chi connectivity index (χ1v) is 8.51. The fourth-order valence-corrected chi connectivity index (χ4v) is 2.88. The Labute approximate surface area is 166 Å². The van der Waals surface area contributed by atoms with Crippen LogP contribution in [0.5, 0.6) is 0 Å². The molecule has 4 nitrogen and oxygen atoms in total. The zero-order chi connectivity index (χ0) is 21.4.